The van der Waals surface area contributed by atoms with Crippen molar-refractivity contribution < 1.29 is 27.8 Å². The van der Waals surface area contributed by atoms with Gasteiger partial charge in [0.05, 0.1) is 12.2 Å². The Morgan fingerprint density at radius 2 is 1.42 bits per heavy atom. The summed E-state index contributed by atoms with van der Waals surface area (Å²) in [6.07, 6.45) is -4.70. The van der Waals surface area contributed by atoms with E-state index < -0.39 is 28.4 Å². The number of methoxy groups -OCH3 is 1. The highest BCUT2D eigenvalue weighted by molar-refractivity contribution is 9.11. The summed E-state index contributed by atoms with van der Waals surface area (Å²) in [6.45, 7) is -1.06. The third-order valence-electron chi connectivity index (χ3n) is 3.76. The molecule has 0 saturated heterocycles. The molecule has 26 heavy (non-hydrogen) atoms. The molecule has 0 aliphatic carbocycles. The molecule has 3 nitrogen and oxygen atoms in total. The van der Waals surface area contributed by atoms with Crippen LogP contribution >= 0.6 is 15.9 Å². The van der Waals surface area contributed by atoms with Gasteiger partial charge in [0.15, 0.2) is 0 Å². The van der Waals surface area contributed by atoms with E-state index in [0.717, 1.165) is 0 Å². The molecule has 0 aromatic heterocycles. The summed E-state index contributed by atoms with van der Waals surface area (Å²) < 4.78 is 50.1. The second-order valence-electron chi connectivity index (χ2n) is 5.49. The van der Waals surface area contributed by atoms with Gasteiger partial charge < -0.3 is 14.6 Å². The molecule has 0 radical (unpaired) electrons. The van der Waals surface area contributed by atoms with E-state index in [1.807, 2.05) is 0 Å². The monoisotopic (exact) mass is 430 g/mol. The number of benzene rings is 2. The summed E-state index contributed by atoms with van der Waals surface area (Å²) >= 11 is 3.02. The lowest BCUT2D eigenvalue weighted by atomic mass is 9.84. The average molecular weight is 431 g/mol. The molecule has 0 aliphatic rings. The number of alkyl halides is 3. The van der Waals surface area contributed by atoms with Crippen LogP contribution in [0.25, 0.3) is 0 Å². The van der Waals surface area contributed by atoms with Gasteiger partial charge >= 0.3 is 6.18 Å². The van der Waals surface area contributed by atoms with E-state index in [1.54, 1.807) is 60.7 Å². The molecule has 0 saturated carbocycles. The van der Waals surface area contributed by atoms with Gasteiger partial charge in [0.1, 0.15) is 12.4 Å². The van der Waals surface area contributed by atoms with Crippen molar-refractivity contribution in [1.82, 2.24) is 0 Å². The third-order valence-corrected chi connectivity index (χ3v) is 4.81. The first-order valence-electron chi connectivity index (χ1n) is 7.68. The summed E-state index contributed by atoms with van der Waals surface area (Å²) in [7, 11) is 1.32. The first kappa shape index (κ1) is 20.6. The number of rotatable bonds is 7. The molecule has 0 heterocycles. The first-order valence-corrected chi connectivity index (χ1v) is 8.47. The van der Waals surface area contributed by atoms with Gasteiger partial charge in [-0.3, -0.25) is 0 Å². The SMILES string of the molecule is COCOC/C(=C(\Br)C(O)(c1ccccc1)c1ccccc1)C(F)(F)F. The lowest BCUT2D eigenvalue weighted by molar-refractivity contribution is -0.111. The Bertz CT molecular complexity index is 691. The van der Waals surface area contributed by atoms with Crippen LogP contribution in [0.4, 0.5) is 13.2 Å². The van der Waals surface area contributed by atoms with Gasteiger partial charge in [-0.15, -0.1) is 0 Å². The molecule has 2 aromatic carbocycles. The van der Waals surface area contributed by atoms with Crippen LogP contribution in [0, 0.1) is 0 Å². The van der Waals surface area contributed by atoms with Crippen molar-refractivity contribution in [2.24, 2.45) is 0 Å². The van der Waals surface area contributed by atoms with Gasteiger partial charge in [-0.25, -0.2) is 0 Å². The van der Waals surface area contributed by atoms with Crippen LogP contribution in [0.3, 0.4) is 0 Å². The van der Waals surface area contributed by atoms with E-state index in [-0.39, 0.29) is 6.79 Å². The van der Waals surface area contributed by atoms with Crippen molar-refractivity contribution in [2.45, 2.75) is 11.8 Å². The maximum Gasteiger partial charge on any atom is 0.415 e. The molecule has 0 bridgehead atoms. The molecule has 2 aromatic rings. The van der Waals surface area contributed by atoms with Crippen molar-refractivity contribution in [3.8, 4) is 0 Å². The Morgan fingerprint density at radius 3 is 1.81 bits per heavy atom. The van der Waals surface area contributed by atoms with Crippen molar-refractivity contribution in [3.63, 3.8) is 0 Å². The average Bonchev–Trinajstić information content (AvgIpc) is 2.64. The van der Waals surface area contributed by atoms with Gasteiger partial charge in [0.25, 0.3) is 0 Å². The maximum absolute atomic E-state index is 13.6. The summed E-state index contributed by atoms with van der Waals surface area (Å²) in [4.78, 5) is 0. The summed E-state index contributed by atoms with van der Waals surface area (Å²) in [5.41, 5.74) is -2.45. The van der Waals surface area contributed by atoms with Gasteiger partial charge in [-0.2, -0.15) is 13.2 Å². The van der Waals surface area contributed by atoms with Crippen molar-refractivity contribution >= 4 is 15.9 Å². The van der Waals surface area contributed by atoms with E-state index in [9.17, 15) is 18.3 Å². The number of aliphatic hydroxyl groups is 1. The van der Waals surface area contributed by atoms with Crippen LogP contribution in [-0.4, -0.2) is 31.8 Å². The van der Waals surface area contributed by atoms with Crippen LogP contribution in [-0.2, 0) is 15.1 Å². The lowest BCUT2D eigenvalue weighted by Gasteiger charge is -2.31. The molecule has 7 heteroatoms. The number of ether oxygens (including phenoxy) is 2. The van der Waals surface area contributed by atoms with Gasteiger partial charge in [0, 0.05) is 11.6 Å². The highest BCUT2D eigenvalue weighted by Crippen LogP contribution is 2.44. The fourth-order valence-electron chi connectivity index (χ4n) is 2.49. The lowest BCUT2D eigenvalue weighted by Crippen LogP contribution is -2.32. The Balaban J connectivity index is 2.66. The number of halogens is 4. The predicted octanol–water partition coefficient (Wildman–Crippen LogP) is 4.75. The molecule has 2 rings (SSSR count). The molecular weight excluding hydrogens is 413 g/mol. The van der Waals surface area contributed by atoms with Gasteiger partial charge in [0.2, 0.25) is 0 Å². The van der Waals surface area contributed by atoms with Gasteiger partial charge in [-0.05, 0) is 11.1 Å². The summed E-state index contributed by atoms with van der Waals surface area (Å²) in [5, 5.41) is 11.4. The number of hydrogen-bond donors (Lipinski definition) is 1. The highest BCUT2D eigenvalue weighted by Gasteiger charge is 2.44. The van der Waals surface area contributed by atoms with Crippen molar-refractivity contribution in [1.29, 1.82) is 0 Å². The van der Waals surface area contributed by atoms with E-state index in [4.69, 9.17) is 4.74 Å². The molecule has 140 valence electrons. The molecule has 0 aliphatic heterocycles. The minimum absolute atomic E-state index is 0.297. The van der Waals surface area contributed by atoms with Gasteiger partial charge in [-0.1, -0.05) is 76.6 Å². The largest absolute Gasteiger partial charge is 0.415 e. The summed E-state index contributed by atoms with van der Waals surface area (Å²) in [6, 6.07) is 16.3. The zero-order chi connectivity index (χ0) is 19.2. The minimum Gasteiger partial charge on any atom is -0.376 e. The zero-order valence-electron chi connectivity index (χ0n) is 14.0. The van der Waals surface area contributed by atoms with Crippen LogP contribution in [0.2, 0.25) is 0 Å². The topological polar surface area (TPSA) is 38.7 Å². The second-order valence-corrected chi connectivity index (χ2v) is 6.28. The highest BCUT2D eigenvalue weighted by atomic mass is 79.9. The maximum atomic E-state index is 13.6. The molecule has 0 spiro atoms. The predicted molar refractivity (Wildman–Crippen MR) is 95.7 cm³/mol. The second kappa shape index (κ2) is 8.81. The van der Waals surface area contributed by atoms with Crippen LogP contribution in [0.15, 0.2) is 70.7 Å². The van der Waals surface area contributed by atoms with Crippen molar-refractivity contribution in [2.75, 3.05) is 20.5 Å². The Morgan fingerprint density at radius 1 is 0.962 bits per heavy atom. The first-order chi connectivity index (χ1) is 12.3. The Kier molecular flexibility index (Phi) is 7.00. The fourth-order valence-corrected chi connectivity index (χ4v) is 3.29. The normalized spacial score (nSPS) is 13.5. The van der Waals surface area contributed by atoms with E-state index in [0.29, 0.717) is 11.1 Å². The molecule has 0 fully saturated rings. The van der Waals surface area contributed by atoms with E-state index in [2.05, 4.69) is 20.7 Å². The van der Waals surface area contributed by atoms with Crippen LogP contribution in [0.5, 0.6) is 0 Å². The smallest absolute Gasteiger partial charge is 0.376 e. The van der Waals surface area contributed by atoms with Crippen LogP contribution < -0.4 is 0 Å². The third kappa shape index (κ3) is 4.54. The minimum atomic E-state index is -4.70. The van der Waals surface area contributed by atoms with E-state index in [1.165, 1.54) is 7.11 Å². The standard InChI is InChI=1S/C19H18BrF3O3/c1-25-13-26-12-16(19(21,22)23)17(20)18(24,14-8-4-2-5-9-14)15-10-6-3-7-11-15/h2-11,24H,12-13H2,1H3/b17-16+. The molecule has 0 unspecified atom stereocenters. The van der Waals surface area contributed by atoms with Crippen LogP contribution in [0.1, 0.15) is 11.1 Å². The molecule has 0 amide bonds. The summed E-state index contributed by atoms with van der Waals surface area (Å²) in [5.74, 6) is 0. The molecular formula is C19H18BrF3O3. The number of hydrogen-bond acceptors (Lipinski definition) is 3. The quantitative estimate of drug-likeness (QED) is 0.508. The Hall–Kier alpha value is -1.67. The zero-order valence-corrected chi connectivity index (χ0v) is 15.5. The molecule has 0 atom stereocenters. The molecule has 1 N–H and O–H groups in total. The van der Waals surface area contributed by atoms with Crippen molar-refractivity contribution in [3.05, 3.63) is 81.8 Å². The van der Waals surface area contributed by atoms with E-state index >= 15 is 0 Å². The fraction of sp³-hybridized carbons (Fsp3) is 0.263. The Labute approximate surface area is 158 Å².